The van der Waals surface area contributed by atoms with Gasteiger partial charge in [0.2, 0.25) is 5.91 Å². The molecule has 4 aromatic rings. The summed E-state index contributed by atoms with van der Waals surface area (Å²) in [5, 5.41) is 30.3. The summed E-state index contributed by atoms with van der Waals surface area (Å²) in [7, 11) is 0. The maximum atomic E-state index is 13.8. The quantitative estimate of drug-likeness (QED) is 0.205. The van der Waals surface area contributed by atoms with Crippen molar-refractivity contribution in [2.24, 2.45) is 5.92 Å². The summed E-state index contributed by atoms with van der Waals surface area (Å²) < 4.78 is 1.74. The molecule has 2 aliphatic heterocycles. The molecule has 0 aliphatic carbocycles. The van der Waals surface area contributed by atoms with E-state index in [0.29, 0.717) is 42.9 Å². The van der Waals surface area contributed by atoms with Crippen LogP contribution in [0.15, 0.2) is 97.2 Å². The highest BCUT2D eigenvalue weighted by Crippen LogP contribution is 2.45. The van der Waals surface area contributed by atoms with Crippen molar-refractivity contribution < 1.29 is 19.8 Å². The number of carbonyl (C=O) groups is 2. The number of carbonyl (C=O) groups excluding carboxylic acids is 2. The molecule has 1 saturated heterocycles. The minimum Gasteiger partial charge on any atom is -0.395 e. The lowest BCUT2D eigenvalue weighted by molar-refractivity contribution is -0.139. The van der Waals surface area contributed by atoms with Crippen LogP contribution in [0.4, 0.5) is 11.4 Å². The van der Waals surface area contributed by atoms with E-state index < -0.39 is 11.5 Å². The molecule has 0 saturated carbocycles. The zero-order valence-corrected chi connectivity index (χ0v) is 24.1. The van der Waals surface area contributed by atoms with Crippen LogP contribution in [0.3, 0.4) is 0 Å². The van der Waals surface area contributed by atoms with Crippen LogP contribution in [0.5, 0.6) is 0 Å². The Morgan fingerprint density at radius 3 is 2.44 bits per heavy atom. The predicted octanol–water partition coefficient (Wildman–Crippen LogP) is 4.16. The molecule has 9 nitrogen and oxygen atoms in total. The number of aliphatic hydroxyl groups excluding tert-OH is 1. The number of aliphatic hydroxyl groups is 2. The number of para-hydroxylation sites is 1. The smallest absolute Gasteiger partial charge is 0.264 e. The Morgan fingerprint density at radius 1 is 1.00 bits per heavy atom. The Bertz CT molecular complexity index is 1630. The Kier molecular flexibility index (Phi) is 7.92. The summed E-state index contributed by atoms with van der Waals surface area (Å²) >= 11 is 0. The lowest BCUT2D eigenvalue weighted by atomic mass is 9.83. The molecule has 1 unspecified atom stereocenters. The first-order valence-electron chi connectivity index (χ1n) is 14.7. The largest absolute Gasteiger partial charge is 0.395 e. The number of aryl methyl sites for hydroxylation is 1. The van der Waals surface area contributed by atoms with Crippen molar-refractivity contribution in [2.45, 2.75) is 44.4 Å². The summed E-state index contributed by atoms with van der Waals surface area (Å²) in [6.07, 6.45) is 6.90. The van der Waals surface area contributed by atoms with Crippen molar-refractivity contribution in [3.8, 4) is 0 Å². The first kappa shape index (κ1) is 28.5. The van der Waals surface area contributed by atoms with E-state index in [4.69, 9.17) is 0 Å². The minimum absolute atomic E-state index is 0.0594. The van der Waals surface area contributed by atoms with Gasteiger partial charge in [0, 0.05) is 42.9 Å². The number of nitrogens with zero attached hydrogens (tertiary/aromatic N) is 5. The molecule has 3 atom stereocenters. The average molecular weight is 578 g/mol. The van der Waals surface area contributed by atoms with E-state index >= 15 is 0 Å². The van der Waals surface area contributed by atoms with Gasteiger partial charge in [-0.15, -0.1) is 5.10 Å². The van der Waals surface area contributed by atoms with Gasteiger partial charge in [-0.2, -0.15) is 0 Å². The Hall–Kier alpha value is -4.60. The van der Waals surface area contributed by atoms with Crippen LogP contribution < -0.4 is 9.80 Å². The number of benzene rings is 3. The average Bonchev–Trinajstić information content (AvgIpc) is 3.58. The van der Waals surface area contributed by atoms with E-state index in [1.54, 1.807) is 14.5 Å². The van der Waals surface area contributed by atoms with Gasteiger partial charge >= 0.3 is 0 Å². The number of fused-ring (bicyclic) bond motifs is 1. The van der Waals surface area contributed by atoms with Crippen LogP contribution in [0.1, 0.15) is 48.1 Å². The predicted molar refractivity (Wildman–Crippen MR) is 163 cm³/mol. The number of rotatable bonds is 11. The second kappa shape index (κ2) is 11.9. The molecular weight excluding hydrogens is 542 g/mol. The Morgan fingerprint density at radius 2 is 1.74 bits per heavy atom. The number of allylic oxidation sites excluding steroid dienone is 1. The van der Waals surface area contributed by atoms with Gasteiger partial charge in [0.25, 0.3) is 5.91 Å². The summed E-state index contributed by atoms with van der Waals surface area (Å²) in [6.45, 7) is 3.41. The number of β-lactam (4-membered cyclic amide) rings is 1. The molecule has 3 heterocycles. The second-order valence-electron chi connectivity index (χ2n) is 11.2. The van der Waals surface area contributed by atoms with Crippen LogP contribution in [0.2, 0.25) is 0 Å². The highest BCUT2D eigenvalue weighted by molar-refractivity contribution is 6.07. The Balaban J connectivity index is 1.12. The van der Waals surface area contributed by atoms with Gasteiger partial charge < -0.3 is 20.0 Å². The van der Waals surface area contributed by atoms with Crippen LogP contribution in [0.25, 0.3) is 0 Å². The molecule has 0 spiro atoms. The van der Waals surface area contributed by atoms with E-state index in [1.165, 1.54) is 0 Å². The van der Waals surface area contributed by atoms with Crippen molar-refractivity contribution in [1.82, 2.24) is 15.0 Å². The summed E-state index contributed by atoms with van der Waals surface area (Å²) in [5.41, 5.74) is 3.06. The molecule has 1 fully saturated rings. The van der Waals surface area contributed by atoms with Gasteiger partial charge in [-0.1, -0.05) is 85.0 Å². The van der Waals surface area contributed by atoms with Crippen molar-refractivity contribution in [2.75, 3.05) is 23.0 Å². The van der Waals surface area contributed by atoms with Gasteiger partial charge in [0.15, 0.2) is 5.60 Å². The van der Waals surface area contributed by atoms with Crippen LogP contribution >= 0.6 is 0 Å². The maximum absolute atomic E-state index is 13.8. The molecule has 220 valence electrons. The number of hydrogen-bond acceptors (Lipinski definition) is 6. The highest BCUT2D eigenvalue weighted by Gasteiger charge is 2.52. The maximum Gasteiger partial charge on any atom is 0.264 e. The fourth-order valence-corrected chi connectivity index (χ4v) is 5.89. The molecule has 2 amide bonds. The topological polar surface area (TPSA) is 112 Å². The minimum atomic E-state index is -1.69. The summed E-state index contributed by atoms with van der Waals surface area (Å²) in [6, 6.07) is 24.8. The molecule has 1 aromatic heterocycles. The molecule has 9 heteroatoms. The third kappa shape index (κ3) is 5.37. The van der Waals surface area contributed by atoms with E-state index in [9.17, 15) is 19.8 Å². The standard InChI is InChI=1S/C34H35N5O4/c1-24(9-7-8-19-37-22-30(35-36-37)28(23-40)26-10-3-2-4-11-26)34(43)29-12-5-6-13-31(29)39(33(34)42)21-25-14-16-27(17-15-25)38-20-18-32(38)41/h2-7,9-17,22,24,28,40,43H,8,18-21,23H2,1H3/b9-7+/t24-,28?,34+/m1/s1. The third-order valence-corrected chi connectivity index (χ3v) is 8.52. The highest BCUT2D eigenvalue weighted by atomic mass is 16.3. The molecular formula is C34H35N5O4. The number of aromatic nitrogens is 3. The first-order valence-corrected chi connectivity index (χ1v) is 14.7. The van der Waals surface area contributed by atoms with Crippen LogP contribution in [-0.2, 0) is 28.3 Å². The van der Waals surface area contributed by atoms with Gasteiger partial charge in [-0.05, 0) is 35.7 Å². The van der Waals surface area contributed by atoms with E-state index in [1.807, 2.05) is 104 Å². The SMILES string of the molecule is C[C@H](/C=C/CCn1cc(C(CO)c2ccccc2)nn1)[C@@]1(O)C(=O)N(Cc2ccc(N3CCC3=O)cc2)c2ccccc21. The number of anilines is 2. The van der Waals surface area contributed by atoms with Crippen molar-refractivity contribution >= 4 is 23.2 Å². The lowest BCUT2D eigenvalue weighted by Gasteiger charge is -2.31. The second-order valence-corrected chi connectivity index (χ2v) is 11.2. The van der Waals surface area contributed by atoms with Crippen LogP contribution in [0, 0.1) is 5.92 Å². The van der Waals surface area contributed by atoms with Gasteiger partial charge in [0.05, 0.1) is 30.5 Å². The fraction of sp³-hybridized carbons (Fsp3) is 0.294. The monoisotopic (exact) mass is 577 g/mol. The number of amides is 2. The third-order valence-electron chi connectivity index (χ3n) is 8.52. The zero-order chi connectivity index (χ0) is 30.0. The van der Waals surface area contributed by atoms with Crippen molar-refractivity contribution in [3.63, 3.8) is 0 Å². The zero-order valence-electron chi connectivity index (χ0n) is 24.1. The summed E-state index contributed by atoms with van der Waals surface area (Å²) in [5.74, 6) is -0.953. The molecule has 3 aromatic carbocycles. The molecule has 6 rings (SSSR count). The van der Waals surface area contributed by atoms with E-state index in [0.717, 1.165) is 23.4 Å². The molecule has 43 heavy (non-hydrogen) atoms. The lowest BCUT2D eigenvalue weighted by Crippen LogP contribution is -2.44. The van der Waals surface area contributed by atoms with E-state index in [2.05, 4.69) is 10.3 Å². The van der Waals surface area contributed by atoms with Crippen LogP contribution in [-0.4, -0.2) is 50.2 Å². The van der Waals surface area contributed by atoms with Crippen molar-refractivity contribution in [1.29, 1.82) is 0 Å². The molecule has 2 N–H and O–H groups in total. The first-order chi connectivity index (χ1) is 20.9. The Labute approximate surface area is 250 Å². The van der Waals surface area contributed by atoms with E-state index in [-0.39, 0.29) is 24.3 Å². The fourth-order valence-electron chi connectivity index (χ4n) is 5.89. The normalized spacial score (nSPS) is 19.5. The molecule has 2 aliphatic rings. The van der Waals surface area contributed by atoms with Gasteiger partial charge in [-0.3, -0.25) is 14.3 Å². The molecule has 0 bridgehead atoms. The van der Waals surface area contributed by atoms with Gasteiger partial charge in [0.1, 0.15) is 0 Å². The summed E-state index contributed by atoms with van der Waals surface area (Å²) in [4.78, 5) is 29.0. The number of hydrogen-bond donors (Lipinski definition) is 2. The van der Waals surface area contributed by atoms with Gasteiger partial charge in [-0.25, -0.2) is 0 Å². The van der Waals surface area contributed by atoms with Crippen molar-refractivity contribution in [3.05, 3.63) is 120 Å². The molecule has 0 radical (unpaired) electrons.